The summed E-state index contributed by atoms with van der Waals surface area (Å²) in [5.74, 6) is 0. The van der Waals surface area contributed by atoms with Crippen molar-refractivity contribution in [3.8, 4) is 0 Å². The van der Waals surface area contributed by atoms with E-state index >= 15 is 0 Å². The third-order valence-corrected chi connectivity index (χ3v) is 4.58. The van der Waals surface area contributed by atoms with Gasteiger partial charge >= 0.3 is 11.7 Å². The average molecular weight is 395 g/mol. The van der Waals surface area contributed by atoms with Gasteiger partial charge in [0.15, 0.2) is 0 Å². The number of aryl methyl sites for hydroxylation is 1. The second-order valence-corrected chi connectivity index (χ2v) is 6.63. The van der Waals surface area contributed by atoms with E-state index in [-0.39, 0.29) is 13.0 Å². The summed E-state index contributed by atoms with van der Waals surface area (Å²) in [6, 6.07) is 6.29. The zero-order valence-corrected chi connectivity index (χ0v) is 15.2. The number of halogens is 1. The van der Waals surface area contributed by atoms with Gasteiger partial charge in [0.1, 0.15) is 12.3 Å². The fourth-order valence-corrected chi connectivity index (χ4v) is 2.98. The van der Waals surface area contributed by atoms with E-state index in [4.69, 9.17) is 16.3 Å². The molecule has 0 aliphatic carbocycles. The number of hydrogen-bond donors (Lipinski definition) is 4. The van der Waals surface area contributed by atoms with E-state index < -0.39 is 35.7 Å². The van der Waals surface area contributed by atoms with Crippen LogP contribution in [0.2, 0.25) is 5.02 Å². The highest BCUT2D eigenvalue weighted by atomic mass is 35.5. The summed E-state index contributed by atoms with van der Waals surface area (Å²) >= 11 is 5.98. The van der Waals surface area contributed by atoms with E-state index in [1.165, 1.54) is 10.8 Å². The Kier molecular flexibility index (Phi) is 5.64. The number of benzene rings is 1. The van der Waals surface area contributed by atoms with Gasteiger partial charge in [-0.15, -0.1) is 0 Å². The Morgan fingerprint density at radius 1 is 1.41 bits per heavy atom. The summed E-state index contributed by atoms with van der Waals surface area (Å²) in [7, 11) is 0. The molecular formula is C17H19ClN4O5. The predicted molar refractivity (Wildman–Crippen MR) is 99.1 cm³/mol. The molecule has 2 heterocycles. The van der Waals surface area contributed by atoms with E-state index in [1.54, 1.807) is 31.2 Å². The number of aliphatic hydroxyl groups excluding tert-OH is 1. The molecule has 9 nitrogen and oxygen atoms in total. The molecule has 2 aromatic rings. The van der Waals surface area contributed by atoms with E-state index in [2.05, 4.69) is 15.6 Å². The van der Waals surface area contributed by atoms with Gasteiger partial charge in [0, 0.05) is 24.7 Å². The van der Waals surface area contributed by atoms with Crippen LogP contribution in [0.3, 0.4) is 0 Å². The number of rotatable bonds is 4. The monoisotopic (exact) mass is 394 g/mol. The number of nitrogens with one attached hydrogen (secondary N) is 3. The topological polar surface area (TPSA) is 125 Å². The first-order valence-corrected chi connectivity index (χ1v) is 8.68. The van der Waals surface area contributed by atoms with Crippen molar-refractivity contribution in [1.29, 1.82) is 0 Å². The lowest BCUT2D eigenvalue weighted by atomic mass is 10.2. The number of ether oxygens (including phenoxy) is 1. The highest BCUT2D eigenvalue weighted by molar-refractivity contribution is 6.33. The SMILES string of the molecule is Cc1cn([C@@H]2C[C@H](O)[C@@H](CNC(=O)Nc3ccccc3Cl)O2)c(=O)[nH]c1=O. The van der Waals surface area contributed by atoms with Gasteiger partial charge in [-0.05, 0) is 19.1 Å². The van der Waals surface area contributed by atoms with Gasteiger partial charge in [0.25, 0.3) is 5.56 Å². The van der Waals surface area contributed by atoms with Crippen LogP contribution in [-0.4, -0.2) is 39.4 Å². The molecule has 10 heteroatoms. The lowest BCUT2D eigenvalue weighted by Crippen LogP contribution is -2.39. The van der Waals surface area contributed by atoms with Gasteiger partial charge in [-0.2, -0.15) is 0 Å². The Balaban J connectivity index is 1.60. The first-order valence-electron chi connectivity index (χ1n) is 8.30. The number of para-hydroxylation sites is 1. The Bertz CT molecular complexity index is 957. The second-order valence-electron chi connectivity index (χ2n) is 6.23. The number of carbonyl (C=O) groups excluding carboxylic acids is 1. The third-order valence-electron chi connectivity index (χ3n) is 4.25. The Morgan fingerprint density at radius 2 is 2.15 bits per heavy atom. The number of urea groups is 1. The van der Waals surface area contributed by atoms with Gasteiger partial charge in [-0.25, -0.2) is 9.59 Å². The molecular weight excluding hydrogens is 376 g/mol. The average Bonchev–Trinajstić information content (AvgIpc) is 2.99. The van der Waals surface area contributed by atoms with Crippen molar-refractivity contribution in [3.63, 3.8) is 0 Å². The van der Waals surface area contributed by atoms with E-state index in [1.807, 2.05) is 0 Å². The van der Waals surface area contributed by atoms with Crippen LogP contribution in [0.25, 0.3) is 0 Å². The molecule has 1 aromatic carbocycles. The van der Waals surface area contributed by atoms with Crippen molar-refractivity contribution < 1.29 is 14.6 Å². The molecule has 2 amide bonds. The Hall–Kier alpha value is -2.62. The van der Waals surface area contributed by atoms with Gasteiger partial charge in [0.2, 0.25) is 0 Å². The first-order chi connectivity index (χ1) is 12.8. The third kappa shape index (κ3) is 4.38. The van der Waals surface area contributed by atoms with Gasteiger partial charge < -0.3 is 20.5 Å². The van der Waals surface area contributed by atoms with Crippen molar-refractivity contribution in [2.75, 3.05) is 11.9 Å². The van der Waals surface area contributed by atoms with Crippen LogP contribution in [0.4, 0.5) is 10.5 Å². The summed E-state index contributed by atoms with van der Waals surface area (Å²) in [4.78, 5) is 37.6. The maximum absolute atomic E-state index is 12.0. The minimum absolute atomic E-state index is 0.0328. The summed E-state index contributed by atoms with van der Waals surface area (Å²) in [6.07, 6.45) is -0.773. The quantitative estimate of drug-likeness (QED) is 0.614. The number of anilines is 1. The van der Waals surface area contributed by atoms with Crippen LogP contribution in [0.1, 0.15) is 18.2 Å². The van der Waals surface area contributed by atoms with Crippen molar-refractivity contribution in [2.24, 2.45) is 0 Å². The molecule has 27 heavy (non-hydrogen) atoms. The smallest absolute Gasteiger partial charge is 0.330 e. The zero-order chi connectivity index (χ0) is 19.6. The highest BCUT2D eigenvalue weighted by Gasteiger charge is 2.35. The molecule has 1 saturated heterocycles. The highest BCUT2D eigenvalue weighted by Crippen LogP contribution is 2.27. The number of carbonyl (C=O) groups is 1. The minimum Gasteiger partial charge on any atom is -0.390 e. The molecule has 3 atom stereocenters. The molecule has 0 radical (unpaired) electrons. The lowest BCUT2D eigenvalue weighted by Gasteiger charge is -2.17. The Morgan fingerprint density at radius 3 is 2.89 bits per heavy atom. The molecule has 0 bridgehead atoms. The van der Waals surface area contributed by atoms with Crippen molar-refractivity contribution in [1.82, 2.24) is 14.9 Å². The summed E-state index contributed by atoms with van der Waals surface area (Å²) in [5, 5.41) is 15.8. The molecule has 1 fully saturated rings. The number of aliphatic hydroxyl groups is 1. The van der Waals surface area contributed by atoms with Gasteiger partial charge in [-0.1, -0.05) is 23.7 Å². The lowest BCUT2D eigenvalue weighted by molar-refractivity contribution is -0.0178. The maximum atomic E-state index is 12.0. The number of hydrogen-bond acceptors (Lipinski definition) is 5. The minimum atomic E-state index is -0.880. The van der Waals surface area contributed by atoms with E-state index in [0.29, 0.717) is 16.3 Å². The molecule has 3 rings (SSSR count). The molecule has 1 aromatic heterocycles. The van der Waals surface area contributed by atoms with Gasteiger partial charge in [0.05, 0.1) is 16.8 Å². The van der Waals surface area contributed by atoms with Crippen LogP contribution in [0, 0.1) is 6.92 Å². The normalized spacial score (nSPS) is 21.8. The summed E-state index contributed by atoms with van der Waals surface area (Å²) < 4.78 is 6.91. The predicted octanol–water partition coefficient (Wildman–Crippen LogP) is 0.969. The molecule has 1 aliphatic heterocycles. The number of aromatic amines is 1. The fraction of sp³-hybridized carbons (Fsp3) is 0.353. The van der Waals surface area contributed by atoms with Crippen molar-refractivity contribution >= 4 is 23.3 Å². The molecule has 4 N–H and O–H groups in total. The van der Waals surface area contributed by atoms with E-state index in [9.17, 15) is 19.5 Å². The molecule has 0 unspecified atom stereocenters. The second kappa shape index (κ2) is 7.95. The maximum Gasteiger partial charge on any atom is 0.330 e. The largest absolute Gasteiger partial charge is 0.390 e. The first kappa shape index (κ1) is 19.2. The van der Waals surface area contributed by atoms with Gasteiger partial charge in [-0.3, -0.25) is 14.3 Å². The summed E-state index contributed by atoms with van der Waals surface area (Å²) in [5.41, 5.74) is -0.275. The van der Waals surface area contributed by atoms with Crippen molar-refractivity contribution in [2.45, 2.75) is 31.8 Å². The molecule has 0 spiro atoms. The fourth-order valence-electron chi connectivity index (χ4n) is 2.79. The summed E-state index contributed by atoms with van der Waals surface area (Å²) in [6.45, 7) is 1.60. The Labute approximate surface area is 158 Å². The molecule has 0 saturated carbocycles. The van der Waals surface area contributed by atoms with Crippen molar-refractivity contribution in [3.05, 3.63) is 61.9 Å². The number of nitrogens with zero attached hydrogens (tertiary/aromatic N) is 1. The molecule has 1 aliphatic rings. The number of amides is 2. The van der Waals surface area contributed by atoms with Crippen LogP contribution < -0.4 is 21.9 Å². The number of aromatic nitrogens is 2. The van der Waals surface area contributed by atoms with E-state index in [0.717, 1.165) is 0 Å². The number of H-pyrrole nitrogens is 1. The van der Waals surface area contributed by atoms with Crippen LogP contribution in [0.5, 0.6) is 0 Å². The van der Waals surface area contributed by atoms with Crippen LogP contribution in [-0.2, 0) is 4.74 Å². The van der Waals surface area contributed by atoms with Crippen LogP contribution in [0.15, 0.2) is 40.1 Å². The molecule has 144 valence electrons. The standard InChI is InChI=1S/C17H19ClN4O5/c1-9-8-22(17(26)21-15(9)24)14-6-12(23)13(27-14)7-19-16(25)20-11-5-3-2-4-10(11)18/h2-5,8,12-14,23H,6-7H2,1H3,(H2,19,20,25)(H,21,24,26)/t12-,13+,14-/m0/s1. The zero-order valence-electron chi connectivity index (χ0n) is 14.4. The van der Waals surface area contributed by atoms with Crippen LogP contribution >= 0.6 is 11.6 Å².